The molecular formula is C16H23NO3S. The summed E-state index contributed by atoms with van der Waals surface area (Å²) in [4.78, 5) is 26.8. The second-order valence-electron chi connectivity index (χ2n) is 4.72. The number of hydrogen-bond donors (Lipinski definition) is 0. The highest BCUT2D eigenvalue weighted by Crippen LogP contribution is 2.30. The van der Waals surface area contributed by atoms with Crippen LogP contribution in [-0.4, -0.2) is 35.8 Å². The largest absolute Gasteiger partial charge is 0.462 e. The molecule has 1 aromatic carbocycles. The van der Waals surface area contributed by atoms with Crippen LogP contribution in [0.3, 0.4) is 0 Å². The Morgan fingerprint density at radius 2 is 1.76 bits per heavy atom. The smallest absolute Gasteiger partial charge is 0.339 e. The van der Waals surface area contributed by atoms with Gasteiger partial charge in [0.1, 0.15) is 0 Å². The van der Waals surface area contributed by atoms with E-state index in [0.29, 0.717) is 30.2 Å². The number of nitrogens with zero attached hydrogens (tertiary/aromatic N) is 1. The number of benzene rings is 1. The van der Waals surface area contributed by atoms with Gasteiger partial charge in [0.05, 0.1) is 12.2 Å². The van der Waals surface area contributed by atoms with Crippen molar-refractivity contribution in [3.8, 4) is 0 Å². The van der Waals surface area contributed by atoms with E-state index in [1.807, 2.05) is 33.8 Å². The summed E-state index contributed by atoms with van der Waals surface area (Å²) in [5, 5.41) is -0.0440. The Morgan fingerprint density at radius 1 is 1.14 bits per heavy atom. The molecular weight excluding hydrogens is 286 g/mol. The van der Waals surface area contributed by atoms with Crippen LogP contribution in [-0.2, 0) is 4.74 Å². The zero-order chi connectivity index (χ0) is 16.0. The first-order valence-electron chi connectivity index (χ1n) is 7.19. The molecule has 1 rings (SSSR count). The van der Waals surface area contributed by atoms with Crippen molar-refractivity contribution in [2.75, 3.05) is 19.7 Å². The highest BCUT2D eigenvalue weighted by Gasteiger charge is 2.20. The van der Waals surface area contributed by atoms with E-state index in [-0.39, 0.29) is 11.2 Å². The van der Waals surface area contributed by atoms with Crippen molar-refractivity contribution in [1.29, 1.82) is 0 Å². The first kappa shape index (κ1) is 17.6. The Kier molecular flexibility index (Phi) is 6.75. The van der Waals surface area contributed by atoms with Crippen molar-refractivity contribution in [2.24, 2.45) is 0 Å². The molecule has 116 valence electrons. The van der Waals surface area contributed by atoms with Gasteiger partial charge in [0.15, 0.2) is 0 Å². The molecule has 0 N–H and O–H groups in total. The molecule has 0 bridgehead atoms. The van der Waals surface area contributed by atoms with Crippen LogP contribution in [0.5, 0.6) is 0 Å². The van der Waals surface area contributed by atoms with Crippen molar-refractivity contribution < 1.29 is 14.3 Å². The molecule has 0 aromatic heterocycles. The van der Waals surface area contributed by atoms with Crippen LogP contribution in [0.4, 0.5) is 4.79 Å². The average molecular weight is 309 g/mol. The lowest BCUT2D eigenvalue weighted by molar-refractivity contribution is 0.0522. The van der Waals surface area contributed by atoms with Gasteiger partial charge >= 0.3 is 5.97 Å². The summed E-state index contributed by atoms with van der Waals surface area (Å²) in [5.41, 5.74) is 2.37. The third-order valence-electron chi connectivity index (χ3n) is 3.13. The zero-order valence-corrected chi connectivity index (χ0v) is 14.2. The Balaban J connectivity index is 3.15. The number of amides is 1. The van der Waals surface area contributed by atoms with Gasteiger partial charge in [-0.05, 0) is 63.6 Å². The number of carbonyl (C=O) groups is 2. The molecule has 0 aliphatic carbocycles. The second-order valence-corrected chi connectivity index (χ2v) is 5.68. The Morgan fingerprint density at radius 3 is 2.29 bits per heavy atom. The van der Waals surface area contributed by atoms with E-state index in [1.165, 1.54) is 0 Å². The van der Waals surface area contributed by atoms with Gasteiger partial charge in [-0.3, -0.25) is 4.79 Å². The van der Waals surface area contributed by atoms with E-state index >= 15 is 0 Å². The van der Waals surface area contributed by atoms with E-state index in [9.17, 15) is 9.59 Å². The van der Waals surface area contributed by atoms with E-state index in [4.69, 9.17) is 4.74 Å². The van der Waals surface area contributed by atoms with E-state index < -0.39 is 0 Å². The number of ether oxygens (including phenoxy) is 1. The summed E-state index contributed by atoms with van der Waals surface area (Å²) in [5.74, 6) is -0.376. The molecule has 0 unspecified atom stereocenters. The summed E-state index contributed by atoms with van der Waals surface area (Å²) >= 11 is 1.10. The van der Waals surface area contributed by atoms with Gasteiger partial charge in [-0.2, -0.15) is 0 Å². The lowest BCUT2D eigenvalue weighted by atomic mass is 10.1. The van der Waals surface area contributed by atoms with Gasteiger partial charge in [0, 0.05) is 18.0 Å². The third kappa shape index (κ3) is 4.49. The van der Waals surface area contributed by atoms with E-state index in [2.05, 4.69) is 0 Å². The van der Waals surface area contributed by atoms with Crippen molar-refractivity contribution in [3.63, 3.8) is 0 Å². The molecule has 0 aliphatic heterocycles. The molecule has 4 nitrogen and oxygen atoms in total. The van der Waals surface area contributed by atoms with Crippen molar-refractivity contribution in [2.45, 2.75) is 39.5 Å². The Hall–Kier alpha value is -1.49. The van der Waals surface area contributed by atoms with Crippen LogP contribution < -0.4 is 0 Å². The number of carbonyl (C=O) groups excluding carboxylic acids is 2. The molecule has 0 atom stereocenters. The zero-order valence-electron chi connectivity index (χ0n) is 13.4. The molecule has 0 saturated carbocycles. The molecule has 0 aliphatic rings. The predicted molar refractivity (Wildman–Crippen MR) is 86.0 cm³/mol. The molecule has 0 heterocycles. The third-order valence-corrected chi connectivity index (χ3v) is 4.30. The maximum atomic E-state index is 12.3. The molecule has 0 spiro atoms. The Bertz CT molecular complexity index is 524. The molecule has 0 fully saturated rings. The maximum Gasteiger partial charge on any atom is 0.339 e. The van der Waals surface area contributed by atoms with Crippen LogP contribution in [0.25, 0.3) is 0 Å². The minimum atomic E-state index is -0.376. The van der Waals surface area contributed by atoms with Crippen LogP contribution in [0.2, 0.25) is 0 Å². The minimum Gasteiger partial charge on any atom is -0.462 e. The normalized spacial score (nSPS) is 10.3. The number of thioether (sulfide) groups is 1. The van der Waals surface area contributed by atoms with Crippen LogP contribution >= 0.6 is 11.8 Å². The molecule has 5 heteroatoms. The van der Waals surface area contributed by atoms with Crippen molar-refractivity contribution in [3.05, 3.63) is 28.8 Å². The number of aryl methyl sites for hydroxylation is 2. The van der Waals surface area contributed by atoms with Gasteiger partial charge in [-0.25, -0.2) is 4.79 Å². The SMILES string of the molecule is CCOC(=O)c1cc(C)cc(C)c1SC(=O)N(CC)CC. The fraction of sp³-hybridized carbons (Fsp3) is 0.500. The molecule has 21 heavy (non-hydrogen) atoms. The molecule has 1 aromatic rings. The minimum absolute atomic E-state index is 0.0440. The number of hydrogen-bond acceptors (Lipinski definition) is 4. The topological polar surface area (TPSA) is 46.6 Å². The second kappa shape index (κ2) is 8.08. The first-order chi connectivity index (χ1) is 9.94. The molecule has 0 radical (unpaired) electrons. The van der Waals surface area contributed by atoms with Crippen LogP contribution in [0.1, 0.15) is 42.3 Å². The van der Waals surface area contributed by atoms with Gasteiger partial charge in [0.25, 0.3) is 5.24 Å². The quantitative estimate of drug-likeness (QED) is 0.608. The number of rotatable bonds is 5. The Labute approximate surface area is 130 Å². The highest BCUT2D eigenvalue weighted by molar-refractivity contribution is 8.13. The van der Waals surface area contributed by atoms with E-state index in [0.717, 1.165) is 22.9 Å². The van der Waals surface area contributed by atoms with Crippen molar-refractivity contribution >= 4 is 23.0 Å². The monoisotopic (exact) mass is 309 g/mol. The fourth-order valence-electron chi connectivity index (χ4n) is 2.08. The van der Waals surface area contributed by atoms with Crippen molar-refractivity contribution in [1.82, 2.24) is 4.90 Å². The summed E-state index contributed by atoms with van der Waals surface area (Å²) in [6, 6.07) is 3.75. The fourth-order valence-corrected chi connectivity index (χ4v) is 3.12. The van der Waals surface area contributed by atoms with Gasteiger partial charge in [-0.1, -0.05) is 6.07 Å². The molecule has 0 saturated heterocycles. The lowest BCUT2D eigenvalue weighted by Gasteiger charge is -2.19. The lowest BCUT2D eigenvalue weighted by Crippen LogP contribution is -2.27. The van der Waals surface area contributed by atoms with Gasteiger partial charge in [-0.15, -0.1) is 0 Å². The summed E-state index contributed by atoms with van der Waals surface area (Å²) < 4.78 is 5.10. The first-order valence-corrected chi connectivity index (χ1v) is 8.01. The maximum absolute atomic E-state index is 12.3. The highest BCUT2D eigenvalue weighted by atomic mass is 32.2. The van der Waals surface area contributed by atoms with Crippen LogP contribution in [0, 0.1) is 13.8 Å². The van der Waals surface area contributed by atoms with Gasteiger partial charge in [0.2, 0.25) is 0 Å². The van der Waals surface area contributed by atoms with Gasteiger partial charge < -0.3 is 9.64 Å². The van der Waals surface area contributed by atoms with Crippen LogP contribution in [0.15, 0.2) is 17.0 Å². The standard InChI is InChI=1S/C16H23NO3S/c1-6-17(7-2)16(19)21-14-12(5)9-11(4)10-13(14)15(18)20-8-3/h9-10H,6-8H2,1-5H3. The van der Waals surface area contributed by atoms with E-state index in [1.54, 1.807) is 17.9 Å². The summed E-state index contributed by atoms with van der Waals surface area (Å²) in [6.45, 7) is 11.1. The number of esters is 1. The summed E-state index contributed by atoms with van der Waals surface area (Å²) in [6.07, 6.45) is 0. The summed E-state index contributed by atoms with van der Waals surface area (Å²) in [7, 11) is 0. The predicted octanol–water partition coefficient (Wildman–Crippen LogP) is 4.03. The average Bonchev–Trinajstić information content (AvgIpc) is 2.43. The molecule has 1 amide bonds.